The van der Waals surface area contributed by atoms with Gasteiger partial charge >= 0.3 is 6.09 Å². The van der Waals surface area contributed by atoms with Crippen molar-refractivity contribution in [2.75, 3.05) is 31.1 Å². The lowest BCUT2D eigenvalue weighted by Gasteiger charge is -2.41. The molecule has 1 saturated carbocycles. The summed E-state index contributed by atoms with van der Waals surface area (Å²) < 4.78 is 5.22. The van der Waals surface area contributed by atoms with E-state index >= 15 is 0 Å². The van der Waals surface area contributed by atoms with E-state index in [1.807, 2.05) is 11.8 Å². The molecule has 3 aliphatic heterocycles. The number of rotatable bonds is 1. The minimum atomic E-state index is -0.143. The van der Waals surface area contributed by atoms with Crippen LogP contribution in [0, 0.1) is 0 Å². The SMILES string of the molecule is CCOC(=O)N1CCC2C(C1)c1cccc3c1N2CCC31CC1. The lowest BCUT2D eigenvalue weighted by Crippen LogP contribution is -2.49. The van der Waals surface area contributed by atoms with E-state index in [9.17, 15) is 4.79 Å². The summed E-state index contributed by atoms with van der Waals surface area (Å²) in [7, 11) is 0. The van der Waals surface area contributed by atoms with E-state index in [0.717, 1.165) is 19.5 Å². The molecule has 5 rings (SSSR count). The number of nitrogens with zero attached hydrogens (tertiary/aromatic N) is 2. The number of carbonyl (C=O) groups excluding carboxylic acids is 1. The van der Waals surface area contributed by atoms with Crippen molar-refractivity contribution in [1.29, 1.82) is 0 Å². The number of benzene rings is 1. The van der Waals surface area contributed by atoms with E-state index < -0.39 is 0 Å². The molecule has 1 amide bonds. The monoisotopic (exact) mass is 312 g/mol. The fourth-order valence-electron chi connectivity index (χ4n) is 5.19. The smallest absolute Gasteiger partial charge is 0.409 e. The number of hydrogen-bond acceptors (Lipinski definition) is 3. The highest BCUT2D eigenvalue weighted by Gasteiger charge is 2.53. The molecule has 4 nitrogen and oxygen atoms in total. The number of anilines is 1. The van der Waals surface area contributed by atoms with E-state index in [0.29, 0.717) is 24.0 Å². The fraction of sp³-hybridized carbons (Fsp3) is 0.632. The highest BCUT2D eigenvalue weighted by Crippen LogP contribution is 2.60. The van der Waals surface area contributed by atoms with E-state index in [-0.39, 0.29) is 6.09 Å². The molecule has 2 fully saturated rings. The van der Waals surface area contributed by atoms with Gasteiger partial charge in [0.05, 0.1) is 6.61 Å². The van der Waals surface area contributed by atoms with Crippen LogP contribution in [0.3, 0.4) is 0 Å². The predicted octanol–water partition coefficient (Wildman–Crippen LogP) is 3.26. The molecule has 0 aromatic heterocycles. The number of fused-ring (bicyclic) bond motifs is 4. The molecule has 3 heterocycles. The van der Waals surface area contributed by atoms with Crippen molar-refractivity contribution in [2.24, 2.45) is 0 Å². The summed E-state index contributed by atoms with van der Waals surface area (Å²) in [6, 6.07) is 7.47. The van der Waals surface area contributed by atoms with Crippen molar-refractivity contribution < 1.29 is 9.53 Å². The molecule has 1 saturated heterocycles. The van der Waals surface area contributed by atoms with Crippen LogP contribution >= 0.6 is 0 Å². The summed E-state index contributed by atoms with van der Waals surface area (Å²) >= 11 is 0. The van der Waals surface area contributed by atoms with Gasteiger partial charge in [0, 0.05) is 37.3 Å². The molecule has 122 valence electrons. The topological polar surface area (TPSA) is 32.8 Å². The standard InChI is InChI=1S/C19H24N2O2/c1-2-23-18(22)20-10-6-16-14(12-20)13-4-3-5-15-17(13)21(16)11-9-19(15)7-8-19/h3-5,14,16H,2,6-12H2,1H3. The third kappa shape index (κ3) is 1.81. The number of hydrogen-bond donors (Lipinski definition) is 0. The molecule has 0 bridgehead atoms. The summed E-state index contributed by atoms with van der Waals surface area (Å²) in [5, 5.41) is 0. The molecule has 2 unspecified atom stereocenters. The zero-order chi connectivity index (χ0) is 15.6. The van der Waals surface area contributed by atoms with Crippen LogP contribution in [-0.4, -0.2) is 43.3 Å². The normalized spacial score (nSPS) is 29.3. The van der Waals surface area contributed by atoms with E-state index in [4.69, 9.17) is 4.74 Å². The van der Waals surface area contributed by atoms with Gasteiger partial charge in [-0.05, 0) is 49.1 Å². The summed E-state index contributed by atoms with van der Waals surface area (Å²) in [6.07, 6.45) is 4.96. The number of likely N-dealkylation sites (tertiary alicyclic amines) is 1. The molecule has 0 radical (unpaired) electrons. The van der Waals surface area contributed by atoms with Gasteiger partial charge in [0.15, 0.2) is 0 Å². The van der Waals surface area contributed by atoms with Crippen LogP contribution < -0.4 is 4.90 Å². The third-order valence-electron chi connectivity index (χ3n) is 6.51. The Morgan fingerprint density at radius 3 is 2.96 bits per heavy atom. The molecule has 4 aliphatic rings. The van der Waals surface area contributed by atoms with Gasteiger partial charge in [0.2, 0.25) is 0 Å². The Morgan fingerprint density at radius 2 is 2.17 bits per heavy atom. The third-order valence-corrected chi connectivity index (χ3v) is 6.51. The summed E-state index contributed by atoms with van der Waals surface area (Å²) in [6.45, 7) is 5.17. The average Bonchev–Trinajstić information content (AvgIpc) is 3.28. The molecule has 1 aliphatic carbocycles. The highest BCUT2D eigenvalue weighted by atomic mass is 16.6. The van der Waals surface area contributed by atoms with Crippen molar-refractivity contribution in [2.45, 2.75) is 50.0 Å². The maximum atomic E-state index is 12.1. The van der Waals surface area contributed by atoms with Crippen LogP contribution in [0.1, 0.15) is 49.7 Å². The summed E-state index contributed by atoms with van der Waals surface area (Å²) in [5.41, 5.74) is 5.10. The first kappa shape index (κ1) is 13.7. The second-order valence-electron chi connectivity index (χ2n) is 7.57. The van der Waals surface area contributed by atoms with Gasteiger partial charge in [-0.15, -0.1) is 0 Å². The first-order valence-electron chi connectivity index (χ1n) is 9.05. The van der Waals surface area contributed by atoms with Crippen LogP contribution in [0.4, 0.5) is 10.5 Å². The quantitative estimate of drug-likeness (QED) is 0.798. The Morgan fingerprint density at radius 1 is 1.30 bits per heavy atom. The molecule has 4 heteroatoms. The maximum absolute atomic E-state index is 12.1. The number of amides is 1. The largest absolute Gasteiger partial charge is 0.450 e. The zero-order valence-corrected chi connectivity index (χ0v) is 13.8. The van der Waals surface area contributed by atoms with E-state index in [1.54, 1.807) is 5.56 Å². The van der Waals surface area contributed by atoms with Crippen LogP contribution in [0.5, 0.6) is 0 Å². The van der Waals surface area contributed by atoms with E-state index in [2.05, 4.69) is 23.1 Å². The molecule has 1 aromatic carbocycles. The zero-order valence-electron chi connectivity index (χ0n) is 13.8. The fourth-order valence-corrected chi connectivity index (χ4v) is 5.19. The second-order valence-corrected chi connectivity index (χ2v) is 7.57. The minimum Gasteiger partial charge on any atom is -0.450 e. The first-order valence-corrected chi connectivity index (χ1v) is 9.05. The van der Waals surface area contributed by atoms with Crippen molar-refractivity contribution in [1.82, 2.24) is 4.90 Å². The Bertz CT molecular complexity index is 667. The van der Waals surface area contributed by atoms with Gasteiger partial charge in [0.25, 0.3) is 0 Å². The Hall–Kier alpha value is -1.71. The minimum absolute atomic E-state index is 0.143. The predicted molar refractivity (Wildman–Crippen MR) is 89.1 cm³/mol. The van der Waals surface area contributed by atoms with Crippen molar-refractivity contribution >= 4 is 11.8 Å². The van der Waals surface area contributed by atoms with Gasteiger partial charge in [-0.3, -0.25) is 0 Å². The molecule has 0 N–H and O–H groups in total. The lowest BCUT2D eigenvalue weighted by molar-refractivity contribution is 0.0933. The Kier molecular flexibility index (Phi) is 2.77. The summed E-state index contributed by atoms with van der Waals surface area (Å²) in [4.78, 5) is 16.7. The van der Waals surface area contributed by atoms with Crippen LogP contribution in [-0.2, 0) is 10.2 Å². The van der Waals surface area contributed by atoms with E-state index in [1.165, 1.54) is 37.1 Å². The first-order chi connectivity index (χ1) is 11.2. The maximum Gasteiger partial charge on any atom is 0.409 e. The average molecular weight is 312 g/mol. The second kappa shape index (κ2) is 4.65. The van der Waals surface area contributed by atoms with Gasteiger partial charge in [-0.25, -0.2) is 4.79 Å². The van der Waals surface area contributed by atoms with Crippen molar-refractivity contribution in [3.05, 3.63) is 29.3 Å². The lowest BCUT2D eigenvalue weighted by atomic mass is 9.85. The molecule has 23 heavy (non-hydrogen) atoms. The molecule has 1 aromatic rings. The molecule has 1 spiro atoms. The van der Waals surface area contributed by atoms with Crippen molar-refractivity contribution in [3.63, 3.8) is 0 Å². The highest BCUT2D eigenvalue weighted by molar-refractivity contribution is 5.73. The molecular formula is C19H24N2O2. The van der Waals surface area contributed by atoms with Gasteiger partial charge < -0.3 is 14.5 Å². The van der Waals surface area contributed by atoms with Gasteiger partial charge in [-0.1, -0.05) is 18.2 Å². The summed E-state index contributed by atoms with van der Waals surface area (Å²) in [5.74, 6) is 0.456. The Balaban J connectivity index is 1.51. The molecular weight excluding hydrogens is 288 g/mol. The van der Waals surface area contributed by atoms with Gasteiger partial charge in [-0.2, -0.15) is 0 Å². The number of carbonyl (C=O) groups is 1. The van der Waals surface area contributed by atoms with Crippen LogP contribution in [0.15, 0.2) is 18.2 Å². The van der Waals surface area contributed by atoms with Gasteiger partial charge in [0.1, 0.15) is 0 Å². The number of ether oxygens (including phenoxy) is 1. The van der Waals surface area contributed by atoms with Crippen molar-refractivity contribution in [3.8, 4) is 0 Å². The number of piperidine rings is 1. The van der Waals surface area contributed by atoms with Crippen LogP contribution in [0.25, 0.3) is 0 Å². The Labute approximate surface area is 137 Å². The number of para-hydroxylation sites is 1. The van der Waals surface area contributed by atoms with Crippen LogP contribution in [0.2, 0.25) is 0 Å². The molecule has 2 atom stereocenters.